The van der Waals surface area contributed by atoms with Crippen LogP contribution >= 0.6 is 0 Å². The molecule has 2 aromatic rings. The molecule has 0 atom stereocenters. The van der Waals surface area contributed by atoms with E-state index >= 15 is 0 Å². The lowest BCUT2D eigenvalue weighted by Gasteiger charge is -2.36. The van der Waals surface area contributed by atoms with Crippen molar-refractivity contribution in [2.24, 2.45) is 0 Å². The Bertz CT molecular complexity index is 900. The Kier molecular flexibility index (Phi) is 6.41. The molecule has 0 amide bonds. The summed E-state index contributed by atoms with van der Waals surface area (Å²) in [5.41, 5.74) is 2.72. The van der Waals surface area contributed by atoms with Gasteiger partial charge in [-0.05, 0) is 51.7 Å². The highest BCUT2D eigenvalue weighted by Gasteiger charge is 2.26. The number of benzene rings is 1. The Morgan fingerprint density at radius 1 is 0.968 bits per heavy atom. The number of Topliss-reactive ketones (excluding diaryl/α,β-unsaturated/α-hetero) is 1. The van der Waals surface area contributed by atoms with Crippen LogP contribution in [0.4, 0.5) is 5.69 Å². The number of piperazine rings is 1. The number of aromatic hydroxyl groups is 2. The smallest absolute Gasteiger partial charge is 0.197 e. The third-order valence-electron chi connectivity index (χ3n) is 6.19. The number of ketones is 1. The number of ether oxygens (including phenoxy) is 1. The quantitative estimate of drug-likeness (QED) is 0.707. The number of carbonyl (C=O) groups excluding carboxylic acids is 1. The Morgan fingerprint density at radius 2 is 1.58 bits per heavy atom. The highest BCUT2D eigenvalue weighted by molar-refractivity contribution is 5.81. The number of anilines is 1. The number of fused-ring (bicyclic) bond motifs is 1. The predicted octanol–water partition coefficient (Wildman–Crippen LogP) is 2.96. The molecule has 7 heteroatoms. The molecule has 2 heterocycles. The van der Waals surface area contributed by atoms with Crippen molar-refractivity contribution in [2.45, 2.75) is 52.2 Å². The van der Waals surface area contributed by atoms with Gasteiger partial charge in [-0.1, -0.05) is 12.1 Å². The summed E-state index contributed by atoms with van der Waals surface area (Å²) < 4.78 is 7.34. The molecule has 0 saturated carbocycles. The summed E-state index contributed by atoms with van der Waals surface area (Å²) >= 11 is 0. The van der Waals surface area contributed by atoms with Crippen molar-refractivity contribution in [3.8, 4) is 17.5 Å². The monoisotopic (exact) mass is 427 g/mol. The average molecular weight is 428 g/mol. The molecule has 0 spiro atoms. The zero-order valence-electron chi connectivity index (χ0n) is 18.5. The number of aromatic nitrogens is 1. The highest BCUT2D eigenvalue weighted by Crippen LogP contribution is 2.38. The molecule has 1 saturated heterocycles. The molecule has 7 nitrogen and oxygen atoms in total. The van der Waals surface area contributed by atoms with Gasteiger partial charge in [0, 0.05) is 37.3 Å². The highest BCUT2D eigenvalue weighted by atomic mass is 16.5. The summed E-state index contributed by atoms with van der Waals surface area (Å²) in [6.07, 6.45) is 3.66. The summed E-state index contributed by atoms with van der Waals surface area (Å²) in [5, 5.41) is 21.0. The zero-order valence-corrected chi connectivity index (χ0v) is 18.5. The number of carbonyl (C=O) groups is 1. The maximum absolute atomic E-state index is 12.7. The zero-order chi connectivity index (χ0) is 22.0. The van der Waals surface area contributed by atoms with Crippen molar-refractivity contribution < 1.29 is 19.7 Å². The van der Waals surface area contributed by atoms with Crippen LogP contribution in [0, 0.1) is 0 Å². The molecular formula is C24H33N3O4. The van der Waals surface area contributed by atoms with Crippen molar-refractivity contribution >= 4 is 11.5 Å². The van der Waals surface area contributed by atoms with Crippen molar-refractivity contribution in [3.05, 3.63) is 35.4 Å². The second-order valence-corrected chi connectivity index (χ2v) is 8.83. The largest absolute Gasteiger partial charge is 0.494 e. The fourth-order valence-corrected chi connectivity index (χ4v) is 4.67. The van der Waals surface area contributed by atoms with Crippen LogP contribution in [0.2, 0.25) is 0 Å². The molecule has 1 aliphatic heterocycles. The van der Waals surface area contributed by atoms with E-state index in [1.165, 1.54) is 4.57 Å². The van der Waals surface area contributed by atoms with Gasteiger partial charge in [-0.2, -0.15) is 0 Å². The standard InChI is InChI=1S/C24H33N3O4/c1-17(2)31-22-10-6-5-9-21(22)26-13-11-25(12-14-26)15-18(28)16-27-23(29)19-7-3-4-8-20(19)24(27)30/h5-6,9-10,17,29-30H,3-4,7-8,11-16H2,1-2H3. The van der Waals surface area contributed by atoms with Crippen LogP contribution in [-0.4, -0.2) is 64.3 Å². The van der Waals surface area contributed by atoms with E-state index in [2.05, 4.69) is 15.9 Å². The van der Waals surface area contributed by atoms with Crippen molar-refractivity contribution in [1.82, 2.24) is 9.47 Å². The second kappa shape index (κ2) is 9.22. The van der Waals surface area contributed by atoms with E-state index in [1.54, 1.807) is 0 Å². The number of hydrogen-bond acceptors (Lipinski definition) is 6. The van der Waals surface area contributed by atoms with Gasteiger partial charge in [-0.3, -0.25) is 14.3 Å². The fraction of sp³-hybridized carbons (Fsp3) is 0.542. The Balaban J connectivity index is 1.34. The molecule has 1 aromatic heterocycles. The predicted molar refractivity (Wildman–Crippen MR) is 120 cm³/mol. The molecule has 31 heavy (non-hydrogen) atoms. The van der Waals surface area contributed by atoms with E-state index in [0.717, 1.165) is 74.4 Å². The van der Waals surface area contributed by atoms with Crippen molar-refractivity contribution in [1.29, 1.82) is 0 Å². The molecule has 168 valence electrons. The van der Waals surface area contributed by atoms with Crippen LogP contribution in [0.25, 0.3) is 0 Å². The first-order valence-electron chi connectivity index (χ1n) is 11.3. The molecule has 2 N–H and O–H groups in total. The third-order valence-corrected chi connectivity index (χ3v) is 6.19. The van der Waals surface area contributed by atoms with Gasteiger partial charge in [0.1, 0.15) is 5.75 Å². The van der Waals surface area contributed by atoms with Gasteiger partial charge in [-0.15, -0.1) is 0 Å². The lowest BCUT2D eigenvalue weighted by atomic mass is 9.95. The summed E-state index contributed by atoms with van der Waals surface area (Å²) in [5.74, 6) is 1.01. The number of para-hydroxylation sites is 2. The minimum absolute atomic E-state index is 0.00469. The van der Waals surface area contributed by atoms with Crippen LogP contribution in [0.3, 0.4) is 0 Å². The molecular weight excluding hydrogens is 394 g/mol. The van der Waals surface area contributed by atoms with Gasteiger partial charge >= 0.3 is 0 Å². The average Bonchev–Trinajstić information content (AvgIpc) is 2.99. The topological polar surface area (TPSA) is 78.2 Å². The van der Waals surface area contributed by atoms with Crippen LogP contribution in [0.15, 0.2) is 24.3 Å². The number of nitrogens with zero attached hydrogens (tertiary/aromatic N) is 3. The summed E-state index contributed by atoms with van der Waals surface area (Å²) in [7, 11) is 0. The second-order valence-electron chi connectivity index (χ2n) is 8.83. The van der Waals surface area contributed by atoms with Crippen molar-refractivity contribution in [2.75, 3.05) is 37.6 Å². The molecule has 2 aliphatic rings. The number of rotatable bonds is 7. The van der Waals surface area contributed by atoms with E-state index in [0.29, 0.717) is 6.54 Å². The minimum atomic E-state index is -0.00469. The van der Waals surface area contributed by atoms with Gasteiger partial charge in [0.25, 0.3) is 0 Å². The van der Waals surface area contributed by atoms with Gasteiger partial charge in [0.05, 0.1) is 24.9 Å². The lowest BCUT2D eigenvalue weighted by Crippen LogP contribution is -2.48. The molecule has 1 aromatic carbocycles. The molecule has 0 unspecified atom stereocenters. The van der Waals surface area contributed by atoms with E-state index in [4.69, 9.17) is 4.74 Å². The molecule has 4 rings (SSSR count). The van der Waals surface area contributed by atoms with Crippen LogP contribution in [-0.2, 0) is 24.2 Å². The van der Waals surface area contributed by atoms with E-state index < -0.39 is 0 Å². The van der Waals surface area contributed by atoms with Gasteiger partial charge in [-0.25, -0.2) is 0 Å². The Hall–Kier alpha value is -2.67. The molecule has 1 fully saturated rings. The van der Waals surface area contributed by atoms with E-state index in [1.807, 2.05) is 32.0 Å². The van der Waals surface area contributed by atoms with Crippen LogP contribution < -0.4 is 9.64 Å². The Labute approximate surface area is 183 Å². The molecule has 0 bridgehead atoms. The first kappa shape index (κ1) is 21.6. The van der Waals surface area contributed by atoms with Crippen LogP contribution in [0.1, 0.15) is 37.8 Å². The van der Waals surface area contributed by atoms with Gasteiger partial charge < -0.3 is 19.8 Å². The van der Waals surface area contributed by atoms with E-state index in [9.17, 15) is 15.0 Å². The first-order valence-corrected chi connectivity index (χ1v) is 11.3. The van der Waals surface area contributed by atoms with Gasteiger partial charge in [0.15, 0.2) is 17.5 Å². The normalized spacial score (nSPS) is 17.1. The van der Waals surface area contributed by atoms with Crippen molar-refractivity contribution in [3.63, 3.8) is 0 Å². The maximum Gasteiger partial charge on any atom is 0.197 e. The number of hydrogen-bond donors (Lipinski definition) is 2. The van der Waals surface area contributed by atoms with Crippen LogP contribution in [0.5, 0.6) is 17.5 Å². The van der Waals surface area contributed by atoms with Gasteiger partial charge in [0.2, 0.25) is 0 Å². The molecule has 0 radical (unpaired) electrons. The lowest BCUT2D eigenvalue weighted by molar-refractivity contribution is -0.121. The third kappa shape index (κ3) is 4.66. The summed E-state index contributed by atoms with van der Waals surface area (Å²) in [6, 6.07) is 8.09. The maximum atomic E-state index is 12.7. The molecule has 1 aliphatic carbocycles. The SMILES string of the molecule is CC(C)Oc1ccccc1N1CCN(CC(=O)Cn2c(O)c3c(c2O)CCCC3)CC1. The summed E-state index contributed by atoms with van der Waals surface area (Å²) in [6.45, 7) is 7.58. The Morgan fingerprint density at radius 3 is 2.19 bits per heavy atom. The summed E-state index contributed by atoms with van der Waals surface area (Å²) in [4.78, 5) is 17.1. The minimum Gasteiger partial charge on any atom is -0.494 e. The first-order chi connectivity index (χ1) is 14.9. The fourth-order valence-electron chi connectivity index (χ4n) is 4.67. The van der Waals surface area contributed by atoms with E-state index in [-0.39, 0.29) is 30.2 Å².